The average molecular weight is 314 g/mol. The van der Waals surface area contributed by atoms with Crippen molar-refractivity contribution in [1.82, 2.24) is 5.32 Å². The maximum atomic E-state index is 6.25. The number of hydrogen-bond acceptors (Lipinski definition) is 3. The van der Waals surface area contributed by atoms with Gasteiger partial charge < -0.3 is 10.1 Å². The van der Waals surface area contributed by atoms with Gasteiger partial charge in [-0.05, 0) is 82.3 Å². The van der Waals surface area contributed by atoms with E-state index in [2.05, 4.69) is 51.7 Å². The van der Waals surface area contributed by atoms with Crippen molar-refractivity contribution >= 4 is 11.8 Å². The van der Waals surface area contributed by atoms with Gasteiger partial charge in [0.15, 0.2) is 0 Å². The third-order valence-electron chi connectivity index (χ3n) is 5.53. The lowest BCUT2D eigenvalue weighted by Gasteiger charge is -2.46. The zero-order valence-corrected chi connectivity index (χ0v) is 15.5. The summed E-state index contributed by atoms with van der Waals surface area (Å²) in [6.07, 6.45) is 5.11. The van der Waals surface area contributed by atoms with Crippen LogP contribution in [0.1, 0.15) is 60.3 Å². The minimum absolute atomic E-state index is 0.228. The van der Waals surface area contributed by atoms with Crippen molar-refractivity contribution in [2.45, 2.75) is 71.4 Å². The number of thioether (sulfide) groups is 1. The zero-order chi connectivity index (χ0) is 15.5. The van der Waals surface area contributed by atoms with E-state index in [1.165, 1.54) is 37.2 Å². The molecule has 3 atom stereocenters. The van der Waals surface area contributed by atoms with Crippen molar-refractivity contribution < 1.29 is 4.74 Å². The summed E-state index contributed by atoms with van der Waals surface area (Å²) in [5, 5.41) is 3.68. The van der Waals surface area contributed by atoms with Crippen LogP contribution < -0.4 is 5.32 Å². The smallest absolute Gasteiger partial charge is 0.0701 e. The summed E-state index contributed by atoms with van der Waals surface area (Å²) < 4.78 is 6.25. The summed E-state index contributed by atoms with van der Waals surface area (Å²) in [4.78, 5) is 0. The topological polar surface area (TPSA) is 21.3 Å². The molecule has 2 aliphatic heterocycles. The molecule has 2 rings (SSSR count). The molecule has 2 heterocycles. The van der Waals surface area contributed by atoms with Crippen molar-refractivity contribution in [3.63, 3.8) is 0 Å². The quantitative estimate of drug-likeness (QED) is 0.834. The lowest BCUT2D eigenvalue weighted by Crippen LogP contribution is -2.46. The van der Waals surface area contributed by atoms with Crippen molar-refractivity contribution in [3.8, 4) is 0 Å². The Morgan fingerprint density at radius 2 is 1.90 bits per heavy atom. The van der Waals surface area contributed by atoms with Gasteiger partial charge in [-0.3, -0.25) is 0 Å². The van der Waals surface area contributed by atoms with Crippen LogP contribution in [-0.4, -0.2) is 35.8 Å². The standard InChI is InChI=1S/C18H35NOS/c1-14(13-19-17(3,4)5)15(2)16-6-9-20-18(12-16)7-10-21-11-8-18/h14-16,19H,6-13H2,1-5H3. The van der Waals surface area contributed by atoms with E-state index in [4.69, 9.17) is 4.74 Å². The number of rotatable bonds is 4. The average Bonchev–Trinajstić information content (AvgIpc) is 2.44. The highest BCUT2D eigenvalue weighted by Gasteiger charge is 2.40. The highest BCUT2D eigenvalue weighted by molar-refractivity contribution is 7.99. The highest BCUT2D eigenvalue weighted by atomic mass is 32.2. The van der Waals surface area contributed by atoms with Gasteiger partial charge in [0.25, 0.3) is 0 Å². The van der Waals surface area contributed by atoms with Crippen LogP contribution in [0.5, 0.6) is 0 Å². The van der Waals surface area contributed by atoms with E-state index in [0.717, 1.165) is 30.9 Å². The molecule has 3 unspecified atom stereocenters. The van der Waals surface area contributed by atoms with Crippen LogP contribution in [0.25, 0.3) is 0 Å². The molecule has 1 N–H and O–H groups in total. The van der Waals surface area contributed by atoms with Crippen molar-refractivity contribution in [1.29, 1.82) is 0 Å². The number of nitrogens with one attached hydrogen (secondary N) is 1. The maximum absolute atomic E-state index is 6.25. The number of ether oxygens (including phenoxy) is 1. The molecule has 0 aromatic rings. The molecule has 3 heteroatoms. The van der Waals surface area contributed by atoms with Gasteiger partial charge in [-0.25, -0.2) is 0 Å². The first-order chi connectivity index (χ1) is 9.81. The lowest BCUT2D eigenvalue weighted by molar-refractivity contribution is -0.112. The SMILES string of the molecule is CC(CNC(C)(C)C)C(C)C1CCOC2(CCSCC2)C1. The van der Waals surface area contributed by atoms with Gasteiger partial charge in [0, 0.05) is 12.1 Å². The molecule has 0 radical (unpaired) electrons. The zero-order valence-electron chi connectivity index (χ0n) is 14.7. The largest absolute Gasteiger partial charge is 0.375 e. The van der Waals surface area contributed by atoms with Gasteiger partial charge in [-0.2, -0.15) is 11.8 Å². The van der Waals surface area contributed by atoms with E-state index >= 15 is 0 Å². The van der Waals surface area contributed by atoms with Crippen LogP contribution in [0.3, 0.4) is 0 Å². The van der Waals surface area contributed by atoms with E-state index in [9.17, 15) is 0 Å². The molecule has 0 aromatic carbocycles. The third kappa shape index (κ3) is 5.14. The second kappa shape index (κ2) is 7.23. The predicted molar refractivity (Wildman–Crippen MR) is 94.0 cm³/mol. The molecule has 0 aromatic heterocycles. The van der Waals surface area contributed by atoms with Gasteiger partial charge in [-0.1, -0.05) is 13.8 Å². The number of hydrogen-bond donors (Lipinski definition) is 1. The Morgan fingerprint density at radius 3 is 2.52 bits per heavy atom. The van der Waals surface area contributed by atoms with Gasteiger partial charge in [0.2, 0.25) is 0 Å². The Balaban J connectivity index is 1.87. The molecule has 2 fully saturated rings. The van der Waals surface area contributed by atoms with Crippen LogP contribution >= 0.6 is 11.8 Å². The summed E-state index contributed by atoms with van der Waals surface area (Å²) in [6.45, 7) is 13.8. The van der Waals surface area contributed by atoms with Gasteiger partial charge in [-0.15, -0.1) is 0 Å². The monoisotopic (exact) mass is 313 g/mol. The molecular weight excluding hydrogens is 278 g/mol. The van der Waals surface area contributed by atoms with Crippen molar-refractivity contribution in [2.75, 3.05) is 24.7 Å². The molecule has 0 amide bonds. The van der Waals surface area contributed by atoms with Crippen LogP contribution in [0, 0.1) is 17.8 Å². The molecule has 2 nitrogen and oxygen atoms in total. The van der Waals surface area contributed by atoms with Crippen LogP contribution in [0.4, 0.5) is 0 Å². The van der Waals surface area contributed by atoms with E-state index in [-0.39, 0.29) is 11.1 Å². The first-order valence-corrected chi connectivity index (χ1v) is 9.94. The molecule has 1 spiro atoms. The van der Waals surface area contributed by atoms with E-state index in [1.807, 2.05) is 0 Å². The molecule has 2 saturated heterocycles. The van der Waals surface area contributed by atoms with Gasteiger partial charge in [0.05, 0.1) is 5.60 Å². The third-order valence-corrected chi connectivity index (χ3v) is 6.52. The Morgan fingerprint density at radius 1 is 1.24 bits per heavy atom. The molecule has 0 saturated carbocycles. The Hall–Kier alpha value is 0.270. The van der Waals surface area contributed by atoms with Crippen LogP contribution in [0.2, 0.25) is 0 Å². The minimum atomic E-state index is 0.228. The first-order valence-electron chi connectivity index (χ1n) is 8.78. The highest BCUT2D eigenvalue weighted by Crippen LogP contribution is 2.43. The van der Waals surface area contributed by atoms with Crippen molar-refractivity contribution in [2.24, 2.45) is 17.8 Å². The molecule has 124 valence electrons. The van der Waals surface area contributed by atoms with E-state index < -0.39 is 0 Å². The van der Waals surface area contributed by atoms with Crippen LogP contribution in [-0.2, 0) is 4.74 Å². The second-order valence-electron chi connectivity index (χ2n) is 8.36. The fourth-order valence-corrected chi connectivity index (χ4v) is 4.96. The predicted octanol–water partition coefficient (Wildman–Crippen LogP) is 4.34. The van der Waals surface area contributed by atoms with Gasteiger partial charge >= 0.3 is 0 Å². The molecule has 0 aliphatic carbocycles. The Labute approximate surface area is 136 Å². The van der Waals surface area contributed by atoms with E-state index in [1.54, 1.807) is 0 Å². The fraction of sp³-hybridized carbons (Fsp3) is 1.00. The van der Waals surface area contributed by atoms with Gasteiger partial charge in [0.1, 0.15) is 0 Å². The summed E-state index contributed by atoms with van der Waals surface area (Å²) in [7, 11) is 0. The Bertz CT molecular complexity index is 314. The fourth-order valence-electron chi connectivity index (χ4n) is 3.72. The summed E-state index contributed by atoms with van der Waals surface area (Å²) in [5.74, 6) is 4.96. The minimum Gasteiger partial charge on any atom is -0.375 e. The first kappa shape index (κ1) is 17.6. The summed E-state index contributed by atoms with van der Waals surface area (Å²) >= 11 is 2.10. The molecule has 21 heavy (non-hydrogen) atoms. The molecular formula is C18H35NOS. The van der Waals surface area contributed by atoms with Crippen LogP contribution in [0.15, 0.2) is 0 Å². The van der Waals surface area contributed by atoms with E-state index in [0.29, 0.717) is 0 Å². The summed E-state index contributed by atoms with van der Waals surface area (Å²) in [6, 6.07) is 0. The second-order valence-corrected chi connectivity index (χ2v) is 9.59. The summed E-state index contributed by atoms with van der Waals surface area (Å²) in [5.41, 5.74) is 0.463. The Kier molecular flexibility index (Phi) is 6.07. The molecule has 2 aliphatic rings. The molecule has 0 bridgehead atoms. The van der Waals surface area contributed by atoms with Crippen molar-refractivity contribution in [3.05, 3.63) is 0 Å². The maximum Gasteiger partial charge on any atom is 0.0701 e. The lowest BCUT2D eigenvalue weighted by atomic mass is 9.73. The normalized spacial score (nSPS) is 29.3.